The van der Waals surface area contributed by atoms with Crippen LogP contribution in [0.1, 0.15) is 76.7 Å². The van der Waals surface area contributed by atoms with E-state index >= 15 is 0 Å². The topological polar surface area (TPSA) is 66.4 Å². The molecule has 0 aliphatic carbocycles. The molecule has 0 unspecified atom stereocenters. The van der Waals surface area contributed by atoms with Gasteiger partial charge in [-0.2, -0.15) is 0 Å². The number of hydrogen-bond acceptors (Lipinski definition) is 4. The summed E-state index contributed by atoms with van der Waals surface area (Å²) in [5.74, 6) is 1.22. The fourth-order valence-electron chi connectivity index (χ4n) is 3.39. The van der Waals surface area contributed by atoms with Crippen LogP contribution in [-0.2, 0) is 16.5 Å². The molecule has 30 heavy (non-hydrogen) atoms. The quantitative estimate of drug-likeness (QED) is 0.246. The monoisotopic (exact) mass is 456 g/mol. The van der Waals surface area contributed by atoms with Crippen LogP contribution in [0.25, 0.3) is 0 Å². The maximum Gasteiger partial charge on any atom is 1.00 e. The summed E-state index contributed by atoms with van der Waals surface area (Å²) in [6.45, 7) is 2.25. The van der Waals surface area contributed by atoms with Crippen molar-refractivity contribution in [1.82, 2.24) is 0 Å². The van der Waals surface area contributed by atoms with E-state index in [1.54, 1.807) is 0 Å². The molecule has 0 fully saturated rings. The third kappa shape index (κ3) is 11.4. The van der Waals surface area contributed by atoms with Gasteiger partial charge in [-0.25, -0.2) is 8.42 Å². The van der Waals surface area contributed by atoms with Gasteiger partial charge in [0.05, 0.1) is 4.90 Å². The Labute approximate surface area is 225 Å². The Bertz CT molecular complexity index is 819. The molecule has 2 aromatic rings. The van der Waals surface area contributed by atoms with Gasteiger partial charge in [0.25, 0.3) is 0 Å². The first-order chi connectivity index (χ1) is 14.0. The van der Waals surface area contributed by atoms with Crippen molar-refractivity contribution in [3.8, 4) is 11.5 Å². The Hall–Kier alpha value is -0.214. The van der Waals surface area contributed by atoms with Gasteiger partial charge in [0.15, 0.2) is 0 Å². The van der Waals surface area contributed by atoms with Crippen LogP contribution >= 0.6 is 0 Å². The van der Waals surface area contributed by atoms with E-state index in [4.69, 9.17) is 4.74 Å². The summed E-state index contributed by atoms with van der Waals surface area (Å²) in [6, 6.07) is 13.5. The van der Waals surface area contributed by atoms with E-state index < -0.39 is 10.1 Å². The van der Waals surface area contributed by atoms with Crippen LogP contribution in [-0.4, -0.2) is 13.0 Å². The van der Waals surface area contributed by atoms with Crippen molar-refractivity contribution >= 4 is 10.1 Å². The van der Waals surface area contributed by atoms with Gasteiger partial charge >= 0.3 is 51.4 Å². The molecule has 0 atom stereocenters. The molecule has 2 rings (SSSR count). The molecule has 0 spiro atoms. The second kappa shape index (κ2) is 15.6. The number of benzene rings is 2. The van der Waals surface area contributed by atoms with Gasteiger partial charge in [0, 0.05) is 0 Å². The van der Waals surface area contributed by atoms with Gasteiger partial charge in [-0.15, -0.1) is 0 Å². The first-order valence-corrected chi connectivity index (χ1v) is 12.2. The van der Waals surface area contributed by atoms with Crippen molar-refractivity contribution < 1.29 is 69.1 Å². The van der Waals surface area contributed by atoms with E-state index in [0.29, 0.717) is 11.5 Å². The van der Waals surface area contributed by atoms with Gasteiger partial charge in [0.2, 0.25) is 0 Å². The van der Waals surface area contributed by atoms with Crippen molar-refractivity contribution in [3.63, 3.8) is 0 Å². The molecular formula is C24H33KO4S. The molecule has 0 heterocycles. The van der Waals surface area contributed by atoms with Crippen LogP contribution in [0.15, 0.2) is 53.4 Å². The summed E-state index contributed by atoms with van der Waals surface area (Å²) in [7, 11) is -4.43. The first-order valence-electron chi connectivity index (χ1n) is 10.8. The second-order valence-electron chi connectivity index (χ2n) is 7.61. The number of hydrogen-bond donors (Lipinski definition) is 0. The maximum absolute atomic E-state index is 11.0. The van der Waals surface area contributed by atoms with Crippen LogP contribution in [0.2, 0.25) is 0 Å². The van der Waals surface area contributed by atoms with Crippen LogP contribution in [0.4, 0.5) is 0 Å². The van der Waals surface area contributed by atoms with Gasteiger partial charge < -0.3 is 9.29 Å². The summed E-state index contributed by atoms with van der Waals surface area (Å²) in [5.41, 5.74) is 1.24. The number of aryl methyl sites for hydroxylation is 1. The van der Waals surface area contributed by atoms with Crippen LogP contribution in [0, 0.1) is 0 Å². The summed E-state index contributed by atoms with van der Waals surface area (Å²) in [5, 5.41) is 0. The predicted molar refractivity (Wildman–Crippen MR) is 116 cm³/mol. The Morgan fingerprint density at radius 2 is 1.33 bits per heavy atom. The van der Waals surface area contributed by atoms with Gasteiger partial charge in [-0.1, -0.05) is 76.8 Å². The van der Waals surface area contributed by atoms with Gasteiger partial charge in [-0.3, -0.25) is 0 Å². The summed E-state index contributed by atoms with van der Waals surface area (Å²) in [4.78, 5) is -0.250. The zero-order chi connectivity index (χ0) is 21.0. The summed E-state index contributed by atoms with van der Waals surface area (Å²) in [6.07, 6.45) is 14.3. The van der Waals surface area contributed by atoms with Gasteiger partial charge in [-0.05, 0) is 54.8 Å². The fourth-order valence-corrected chi connectivity index (χ4v) is 3.86. The maximum atomic E-state index is 11.0. The minimum Gasteiger partial charge on any atom is -0.744 e. The molecule has 0 aliphatic rings. The molecule has 4 nitrogen and oxygen atoms in total. The third-order valence-corrected chi connectivity index (χ3v) is 5.92. The minimum absolute atomic E-state index is 0. The average Bonchev–Trinajstić information content (AvgIpc) is 2.69. The fraction of sp³-hybridized carbons (Fsp3) is 0.500. The van der Waals surface area contributed by atoms with E-state index in [0.717, 1.165) is 6.42 Å². The van der Waals surface area contributed by atoms with Crippen molar-refractivity contribution in [2.45, 2.75) is 82.4 Å². The molecule has 0 bridgehead atoms. The van der Waals surface area contributed by atoms with Crippen LogP contribution in [0.5, 0.6) is 11.5 Å². The van der Waals surface area contributed by atoms with Crippen molar-refractivity contribution in [3.05, 3.63) is 54.1 Å². The molecule has 0 aromatic heterocycles. The SMILES string of the molecule is CCCCCCCCCCCCc1cccc(Oc2ccc(S(=O)(=O)[O-])cc2)c1.[K+]. The molecule has 0 amide bonds. The molecule has 0 saturated carbocycles. The molecule has 6 heteroatoms. The second-order valence-corrected chi connectivity index (χ2v) is 8.99. The minimum atomic E-state index is -4.43. The average molecular weight is 457 g/mol. The van der Waals surface area contributed by atoms with E-state index in [1.165, 1.54) is 94.0 Å². The zero-order valence-electron chi connectivity index (χ0n) is 18.4. The summed E-state index contributed by atoms with van der Waals surface area (Å²) < 4.78 is 38.8. The van der Waals surface area contributed by atoms with E-state index in [2.05, 4.69) is 13.0 Å². The van der Waals surface area contributed by atoms with Crippen LogP contribution in [0.3, 0.4) is 0 Å². The molecule has 2 aromatic carbocycles. The molecule has 0 radical (unpaired) electrons. The van der Waals surface area contributed by atoms with Crippen molar-refractivity contribution in [1.29, 1.82) is 0 Å². The molecule has 160 valence electrons. The standard InChI is InChI=1S/C24H34O4S.K/c1-2-3-4-5-6-7-8-9-10-11-13-21-14-12-15-23(20-21)28-22-16-18-24(19-17-22)29(25,26)27;/h12,14-20H,2-11,13H2,1H3,(H,25,26,27);/q;+1/p-1. The largest absolute Gasteiger partial charge is 1.00 e. The van der Waals surface area contributed by atoms with Crippen molar-refractivity contribution in [2.24, 2.45) is 0 Å². The van der Waals surface area contributed by atoms with E-state index in [9.17, 15) is 13.0 Å². The molecule has 0 saturated heterocycles. The summed E-state index contributed by atoms with van der Waals surface area (Å²) >= 11 is 0. The first kappa shape index (κ1) is 27.8. The number of ether oxygens (including phenoxy) is 1. The number of rotatable bonds is 14. The third-order valence-electron chi connectivity index (χ3n) is 5.07. The Morgan fingerprint density at radius 3 is 1.90 bits per heavy atom. The van der Waals surface area contributed by atoms with Crippen molar-refractivity contribution in [2.75, 3.05) is 0 Å². The zero-order valence-corrected chi connectivity index (χ0v) is 22.4. The van der Waals surface area contributed by atoms with Gasteiger partial charge in [0.1, 0.15) is 21.6 Å². The van der Waals surface area contributed by atoms with E-state index in [1.807, 2.05) is 18.2 Å². The predicted octanol–water partition coefficient (Wildman–Crippen LogP) is 3.85. The molecule has 0 N–H and O–H groups in total. The number of unbranched alkanes of at least 4 members (excludes halogenated alkanes) is 9. The smallest absolute Gasteiger partial charge is 0.744 e. The van der Waals surface area contributed by atoms with Crippen LogP contribution < -0.4 is 56.1 Å². The van der Waals surface area contributed by atoms with E-state index in [-0.39, 0.29) is 56.3 Å². The normalized spacial score (nSPS) is 11.1. The Morgan fingerprint density at radius 1 is 0.767 bits per heavy atom. The molecular weight excluding hydrogens is 423 g/mol. The Kier molecular flexibility index (Phi) is 14.4. The molecule has 0 aliphatic heterocycles. The Balaban J connectivity index is 0.00000450.